The van der Waals surface area contributed by atoms with E-state index in [4.69, 9.17) is 4.74 Å². The van der Waals surface area contributed by atoms with E-state index in [1.54, 1.807) is 0 Å². The molecule has 0 unspecified atom stereocenters. The largest absolute Gasteiger partial charge is 0.489 e. The maximum Gasteiger partial charge on any atom is 0.119 e. The Morgan fingerprint density at radius 2 is 1.60 bits per heavy atom. The third-order valence-electron chi connectivity index (χ3n) is 4.78. The number of nitrogens with zero attached hydrogens (tertiary/aromatic N) is 1. The van der Waals surface area contributed by atoms with Gasteiger partial charge < -0.3 is 10.1 Å². The molecule has 0 aliphatic carbocycles. The smallest absolute Gasteiger partial charge is 0.119 e. The molecule has 1 atom stereocenters. The average molecular weight is 338 g/mol. The van der Waals surface area contributed by atoms with Gasteiger partial charge >= 0.3 is 0 Å². The number of ether oxygens (including phenoxy) is 1. The Kier molecular flexibility index (Phi) is 5.77. The summed E-state index contributed by atoms with van der Waals surface area (Å²) in [5.41, 5.74) is 2.77. The Morgan fingerprint density at radius 3 is 2.20 bits per heavy atom. The molecule has 0 aromatic heterocycles. The SMILES string of the molecule is CC(C)(C)[C@@H](c1ccc(OCc2ccccc2)cc1)N1CCNCC1. The molecule has 0 amide bonds. The van der Waals surface area contributed by atoms with Gasteiger partial charge in [0.1, 0.15) is 12.4 Å². The fraction of sp³-hybridized carbons (Fsp3) is 0.455. The third-order valence-corrected chi connectivity index (χ3v) is 4.78. The number of rotatable bonds is 5. The maximum absolute atomic E-state index is 5.93. The molecule has 1 saturated heterocycles. The summed E-state index contributed by atoms with van der Waals surface area (Å²) in [5, 5.41) is 3.45. The second kappa shape index (κ2) is 8.03. The molecule has 3 nitrogen and oxygen atoms in total. The molecule has 1 fully saturated rings. The van der Waals surface area contributed by atoms with Crippen molar-refractivity contribution in [3.05, 3.63) is 65.7 Å². The molecule has 134 valence electrons. The molecule has 0 spiro atoms. The minimum atomic E-state index is 0.198. The fourth-order valence-electron chi connectivity index (χ4n) is 3.69. The third kappa shape index (κ3) is 4.83. The van der Waals surface area contributed by atoms with E-state index >= 15 is 0 Å². The molecule has 1 heterocycles. The van der Waals surface area contributed by atoms with Gasteiger partial charge in [-0.2, -0.15) is 0 Å². The summed E-state index contributed by atoms with van der Waals surface area (Å²) in [4.78, 5) is 2.61. The van der Waals surface area contributed by atoms with Crippen molar-refractivity contribution in [3.8, 4) is 5.75 Å². The quantitative estimate of drug-likeness (QED) is 0.882. The number of piperazine rings is 1. The second-order valence-corrected chi connectivity index (χ2v) is 7.90. The molecule has 2 aromatic carbocycles. The Labute approximate surface area is 152 Å². The predicted octanol–water partition coefficient (Wildman–Crippen LogP) is 4.26. The summed E-state index contributed by atoms with van der Waals surface area (Å²) in [6, 6.07) is 19.4. The van der Waals surface area contributed by atoms with Gasteiger partial charge in [-0.15, -0.1) is 0 Å². The highest BCUT2D eigenvalue weighted by Gasteiger charge is 2.32. The number of nitrogens with one attached hydrogen (secondary N) is 1. The van der Waals surface area contributed by atoms with Crippen molar-refractivity contribution in [2.24, 2.45) is 5.41 Å². The van der Waals surface area contributed by atoms with Gasteiger partial charge in [0, 0.05) is 32.2 Å². The lowest BCUT2D eigenvalue weighted by atomic mass is 9.81. The zero-order valence-corrected chi connectivity index (χ0v) is 15.7. The van der Waals surface area contributed by atoms with Crippen LogP contribution >= 0.6 is 0 Å². The minimum absolute atomic E-state index is 0.198. The molecule has 3 heteroatoms. The number of hydrogen-bond donors (Lipinski definition) is 1. The first-order valence-electron chi connectivity index (χ1n) is 9.25. The highest BCUT2D eigenvalue weighted by molar-refractivity contribution is 5.30. The molecular formula is C22H30N2O. The highest BCUT2D eigenvalue weighted by atomic mass is 16.5. The van der Waals surface area contributed by atoms with Gasteiger partial charge in [0.2, 0.25) is 0 Å². The van der Waals surface area contributed by atoms with Crippen LogP contribution in [0.1, 0.15) is 37.9 Å². The summed E-state index contributed by atoms with van der Waals surface area (Å²) in [6.07, 6.45) is 0. The molecule has 1 aliphatic rings. The molecular weight excluding hydrogens is 308 g/mol. The van der Waals surface area contributed by atoms with Crippen LogP contribution in [0.3, 0.4) is 0 Å². The van der Waals surface area contributed by atoms with Gasteiger partial charge in [-0.3, -0.25) is 4.90 Å². The lowest BCUT2D eigenvalue weighted by Crippen LogP contribution is -2.48. The summed E-state index contributed by atoms with van der Waals surface area (Å²) < 4.78 is 5.93. The Bertz CT molecular complexity index is 640. The topological polar surface area (TPSA) is 24.5 Å². The van der Waals surface area contributed by atoms with Crippen molar-refractivity contribution in [1.29, 1.82) is 0 Å². The molecule has 1 N–H and O–H groups in total. The van der Waals surface area contributed by atoms with Crippen LogP contribution in [0.5, 0.6) is 5.75 Å². The maximum atomic E-state index is 5.93. The van der Waals surface area contributed by atoms with Crippen molar-refractivity contribution in [1.82, 2.24) is 10.2 Å². The zero-order chi connectivity index (χ0) is 17.7. The van der Waals surface area contributed by atoms with Gasteiger partial charge in [0.25, 0.3) is 0 Å². The number of benzene rings is 2. The summed E-state index contributed by atoms with van der Waals surface area (Å²) in [7, 11) is 0. The van der Waals surface area contributed by atoms with E-state index in [-0.39, 0.29) is 5.41 Å². The van der Waals surface area contributed by atoms with Crippen molar-refractivity contribution in [2.45, 2.75) is 33.4 Å². The van der Waals surface area contributed by atoms with Crippen LogP contribution in [0.4, 0.5) is 0 Å². The van der Waals surface area contributed by atoms with Crippen LogP contribution in [0.25, 0.3) is 0 Å². The predicted molar refractivity (Wildman–Crippen MR) is 104 cm³/mol. The normalized spacial score (nSPS) is 17.2. The van der Waals surface area contributed by atoms with E-state index in [9.17, 15) is 0 Å². The van der Waals surface area contributed by atoms with Crippen molar-refractivity contribution < 1.29 is 4.74 Å². The average Bonchev–Trinajstić information content (AvgIpc) is 2.62. The van der Waals surface area contributed by atoms with E-state index in [1.807, 2.05) is 18.2 Å². The van der Waals surface area contributed by atoms with E-state index in [1.165, 1.54) is 11.1 Å². The van der Waals surface area contributed by atoms with Gasteiger partial charge in [-0.05, 0) is 28.7 Å². The van der Waals surface area contributed by atoms with Crippen LogP contribution in [0.2, 0.25) is 0 Å². The van der Waals surface area contributed by atoms with Gasteiger partial charge in [-0.1, -0.05) is 63.2 Å². The van der Waals surface area contributed by atoms with Crippen LogP contribution in [-0.4, -0.2) is 31.1 Å². The van der Waals surface area contributed by atoms with E-state index in [0.717, 1.165) is 31.9 Å². The molecule has 0 radical (unpaired) electrons. The van der Waals surface area contributed by atoms with E-state index in [2.05, 4.69) is 67.4 Å². The first-order chi connectivity index (χ1) is 12.0. The fourth-order valence-corrected chi connectivity index (χ4v) is 3.69. The molecule has 2 aromatic rings. The second-order valence-electron chi connectivity index (χ2n) is 7.90. The first kappa shape index (κ1) is 18.0. The summed E-state index contributed by atoms with van der Waals surface area (Å²) in [6.45, 7) is 12.0. The highest BCUT2D eigenvalue weighted by Crippen LogP contribution is 2.38. The lowest BCUT2D eigenvalue weighted by molar-refractivity contribution is 0.0862. The van der Waals surface area contributed by atoms with E-state index in [0.29, 0.717) is 12.6 Å². The Balaban J connectivity index is 1.70. The molecule has 0 bridgehead atoms. The first-order valence-corrected chi connectivity index (χ1v) is 9.25. The summed E-state index contributed by atoms with van der Waals surface area (Å²) >= 11 is 0. The Morgan fingerprint density at radius 1 is 0.960 bits per heavy atom. The van der Waals surface area contributed by atoms with Gasteiger partial charge in [0.15, 0.2) is 0 Å². The summed E-state index contributed by atoms with van der Waals surface area (Å²) in [5.74, 6) is 0.931. The van der Waals surface area contributed by atoms with Gasteiger partial charge in [-0.25, -0.2) is 0 Å². The monoisotopic (exact) mass is 338 g/mol. The minimum Gasteiger partial charge on any atom is -0.489 e. The Hall–Kier alpha value is -1.84. The van der Waals surface area contributed by atoms with Crippen LogP contribution in [0.15, 0.2) is 54.6 Å². The lowest BCUT2D eigenvalue weighted by Gasteiger charge is -2.42. The van der Waals surface area contributed by atoms with E-state index < -0.39 is 0 Å². The van der Waals surface area contributed by atoms with Crippen LogP contribution in [0, 0.1) is 5.41 Å². The van der Waals surface area contributed by atoms with Crippen molar-refractivity contribution in [2.75, 3.05) is 26.2 Å². The molecule has 25 heavy (non-hydrogen) atoms. The molecule has 0 saturated carbocycles. The zero-order valence-electron chi connectivity index (χ0n) is 15.7. The van der Waals surface area contributed by atoms with Crippen molar-refractivity contribution in [3.63, 3.8) is 0 Å². The van der Waals surface area contributed by atoms with Crippen LogP contribution in [-0.2, 0) is 6.61 Å². The van der Waals surface area contributed by atoms with Crippen molar-refractivity contribution >= 4 is 0 Å². The molecule has 3 rings (SSSR count). The van der Waals surface area contributed by atoms with Crippen LogP contribution < -0.4 is 10.1 Å². The standard InChI is InChI=1S/C22H30N2O/c1-22(2,3)21(24-15-13-23-14-16-24)19-9-11-20(12-10-19)25-17-18-7-5-4-6-8-18/h4-12,21,23H,13-17H2,1-3H3/t21-/m1/s1. The molecule has 1 aliphatic heterocycles. The number of hydrogen-bond acceptors (Lipinski definition) is 3. The van der Waals surface area contributed by atoms with Gasteiger partial charge in [0.05, 0.1) is 0 Å².